The minimum Gasteiger partial charge on any atom is -0.480 e. The van der Waals surface area contributed by atoms with Gasteiger partial charge in [-0.15, -0.1) is 11.3 Å². The summed E-state index contributed by atoms with van der Waals surface area (Å²) in [7, 11) is 0. The van der Waals surface area contributed by atoms with Crippen LogP contribution in [0.15, 0.2) is 5.38 Å². The summed E-state index contributed by atoms with van der Waals surface area (Å²) in [5.41, 5.74) is 1.85. The first-order valence-corrected chi connectivity index (χ1v) is 6.33. The molecule has 0 aromatic carbocycles. The van der Waals surface area contributed by atoms with E-state index in [0.717, 1.165) is 16.3 Å². The standard InChI is InChI=1S/C10H12ClN3O2S/c1-5-4-17-10-13-8(11)7(14(5)10)3-12-6(2)9(15)16/h4,6,12H,3H2,1-2H3,(H,15,16). The van der Waals surface area contributed by atoms with E-state index in [2.05, 4.69) is 10.3 Å². The van der Waals surface area contributed by atoms with Crippen LogP contribution in [-0.4, -0.2) is 26.5 Å². The number of aromatic nitrogens is 2. The third-order valence-electron chi connectivity index (χ3n) is 2.53. The van der Waals surface area contributed by atoms with Crippen LogP contribution in [0.2, 0.25) is 5.15 Å². The van der Waals surface area contributed by atoms with E-state index in [1.165, 1.54) is 11.3 Å². The largest absolute Gasteiger partial charge is 0.480 e. The molecule has 2 rings (SSSR count). The fourth-order valence-electron chi connectivity index (χ4n) is 1.53. The summed E-state index contributed by atoms with van der Waals surface area (Å²) < 4.78 is 1.94. The Morgan fingerprint density at radius 1 is 1.76 bits per heavy atom. The highest BCUT2D eigenvalue weighted by Crippen LogP contribution is 2.23. The molecule has 2 N–H and O–H groups in total. The van der Waals surface area contributed by atoms with Crippen molar-refractivity contribution in [3.8, 4) is 0 Å². The van der Waals surface area contributed by atoms with Gasteiger partial charge in [0.05, 0.1) is 5.69 Å². The number of aliphatic carboxylic acids is 1. The van der Waals surface area contributed by atoms with E-state index in [9.17, 15) is 4.79 Å². The molecule has 2 aromatic heterocycles. The van der Waals surface area contributed by atoms with Crippen molar-refractivity contribution in [1.82, 2.24) is 14.7 Å². The maximum Gasteiger partial charge on any atom is 0.320 e. The molecule has 1 atom stereocenters. The molecular weight excluding hydrogens is 262 g/mol. The molecule has 0 aliphatic carbocycles. The minimum atomic E-state index is -0.885. The summed E-state index contributed by atoms with van der Waals surface area (Å²) in [6, 6.07) is -0.615. The normalized spacial score (nSPS) is 13.1. The Balaban J connectivity index is 2.25. The molecule has 2 heterocycles. The third kappa shape index (κ3) is 2.29. The van der Waals surface area contributed by atoms with E-state index in [1.54, 1.807) is 6.92 Å². The summed E-state index contributed by atoms with van der Waals surface area (Å²) in [5.74, 6) is -0.885. The molecule has 0 aliphatic heterocycles. The molecular formula is C10H12ClN3O2S. The van der Waals surface area contributed by atoms with Crippen LogP contribution in [0.3, 0.4) is 0 Å². The zero-order chi connectivity index (χ0) is 12.6. The van der Waals surface area contributed by atoms with Crippen molar-refractivity contribution in [1.29, 1.82) is 0 Å². The molecule has 17 heavy (non-hydrogen) atoms. The van der Waals surface area contributed by atoms with Gasteiger partial charge in [0.1, 0.15) is 6.04 Å². The lowest BCUT2D eigenvalue weighted by Gasteiger charge is -2.09. The monoisotopic (exact) mass is 273 g/mol. The predicted octanol–water partition coefficient (Wildman–Crippen LogP) is 1.92. The van der Waals surface area contributed by atoms with E-state index in [-0.39, 0.29) is 0 Å². The first kappa shape index (κ1) is 12.3. The molecule has 0 saturated carbocycles. The van der Waals surface area contributed by atoms with Crippen molar-refractivity contribution in [3.63, 3.8) is 0 Å². The fraction of sp³-hybridized carbons (Fsp3) is 0.400. The first-order valence-electron chi connectivity index (χ1n) is 5.08. The van der Waals surface area contributed by atoms with Gasteiger partial charge in [0.25, 0.3) is 0 Å². The molecule has 0 spiro atoms. The Bertz CT molecular complexity index is 563. The lowest BCUT2D eigenvalue weighted by Crippen LogP contribution is -2.33. The van der Waals surface area contributed by atoms with Crippen molar-refractivity contribution < 1.29 is 9.90 Å². The van der Waals surface area contributed by atoms with E-state index in [0.29, 0.717) is 11.7 Å². The Labute approximate surface area is 107 Å². The molecule has 0 saturated heterocycles. The minimum absolute atomic E-state index is 0.380. The Hall–Kier alpha value is -1.11. The van der Waals surface area contributed by atoms with E-state index in [1.807, 2.05) is 16.7 Å². The van der Waals surface area contributed by atoms with E-state index in [4.69, 9.17) is 16.7 Å². The summed E-state index contributed by atoms with van der Waals surface area (Å²) in [6.07, 6.45) is 0. The molecule has 0 aliphatic rings. The molecule has 5 nitrogen and oxygen atoms in total. The molecule has 1 unspecified atom stereocenters. The van der Waals surface area contributed by atoms with Crippen LogP contribution in [0.5, 0.6) is 0 Å². The average molecular weight is 274 g/mol. The smallest absolute Gasteiger partial charge is 0.320 e. The molecule has 0 fully saturated rings. The maximum atomic E-state index is 10.7. The highest BCUT2D eigenvalue weighted by atomic mass is 35.5. The summed E-state index contributed by atoms with van der Waals surface area (Å²) in [6.45, 7) is 3.94. The molecule has 0 amide bonds. The first-order chi connectivity index (χ1) is 8.00. The number of thiazole rings is 1. The maximum absolute atomic E-state index is 10.7. The Morgan fingerprint density at radius 2 is 2.47 bits per heavy atom. The quantitative estimate of drug-likeness (QED) is 0.893. The van der Waals surface area contributed by atoms with Gasteiger partial charge in [0.15, 0.2) is 10.1 Å². The molecule has 2 aromatic rings. The molecule has 0 radical (unpaired) electrons. The second-order valence-corrected chi connectivity index (χ2v) is 4.98. The van der Waals surface area contributed by atoms with Gasteiger partial charge in [-0.3, -0.25) is 14.5 Å². The van der Waals surface area contributed by atoms with Crippen LogP contribution in [0.4, 0.5) is 0 Å². The summed E-state index contributed by atoms with van der Waals surface area (Å²) >= 11 is 7.54. The zero-order valence-electron chi connectivity index (χ0n) is 9.40. The molecule has 92 valence electrons. The molecule has 0 bridgehead atoms. The Kier molecular flexibility index (Phi) is 3.37. The van der Waals surface area contributed by atoms with Crippen LogP contribution >= 0.6 is 22.9 Å². The molecule has 7 heteroatoms. The predicted molar refractivity (Wildman–Crippen MR) is 66.8 cm³/mol. The van der Waals surface area contributed by atoms with Crippen LogP contribution in [0.1, 0.15) is 18.3 Å². The van der Waals surface area contributed by atoms with E-state index < -0.39 is 12.0 Å². The number of fused-ring (bicyclic) bond motifs is 1. The summed E-state index contributed by atoms with van der Waals surface area (Å²) in [5, 5.41) is 14.1. The van der Waals surface area contributed by atoms with Crippen LogP contribution in [0.25, 0.3) is 4.96 Å². The number of carbonyl (C=O) groups is 1. The van der Waals surface area contributed by atoms with Gasteiger partial charge < -0.3 is 5.11 Å². The van der Waals surface area contributed by atoms with Crippen LogP contribution < -0.4 is 5.32 Å². The highest BCUT2D eigenvalue weighted by Gasteiger charge is 2.16. The van der Waals surface area contributed by atoms with Gasteiger partial charge in [-0.2, -0.15) is 0 Å². The van der Waals surface area contributed by atoms with Gasteiger partial charge >= 0.3 is 5.97 Å². The van der Waals surface area contributed by atoms with Crippen molar-refractivity contribution in [3.05, 3.63) is 21.9 Å². The topological polar surface area (TPSA) is 66.6 Å². The van der Waals surface area contributed by atoms with Crippen molar-refractivity contribution in [2.75, 3.05) is 0 Å². The number of halogens is 1. The average Bonchev–Trinajstić information content (AvgIpc) is 2.76. The van der Waals surface area contributed by atoms with Gasteiger partial charge in [-0.1, -0.05) is 11.6 Å². The summed E-state index contributed by atoms with van der Waals surface area (Å²) in [4.78, 5) is 15.8. The van der Waals surface area contributed by atoms with Gasteiger partial charge in [0, 0.05) is 17.6 Å². The number of rotatable bonds is 4. The van der Waals surface area contributed by atoms with Gasteiger partial charge in [0.2, 0.25) is 0 Å². The fourth-order valence-corrected chi connectivity index (χ4v) is 2.70. The van der Waals surface area contributed by atoms with Crippen molar-refractivity contribution in [2.24, 2.45) is 0 Å². The SMILES string of the molecule is Cc1csc2nc(Cl)c(CNC(C)C(=O)O)n12. The zero-order valence-corrected chi connectivity index (χ0v) is 11.0. The van der Waals surface area contributed by atoms with Crippen molar-refractivity contribution >= 4 is 33.9 Å². The number of imidazole rings is 1. The number of carboxylic acid groups (broad SMARTS) is 1. The lowest BCUT2D eigenvalue weighted by atomic mass is 10.3. The Morgan fingerprint density at radius 3 is 3.12 bits per heavy atom. The number of hydrogen-bond donors (Lipinski definition) is 2. The van der Waals surface area contributed by atoms with Gasteiger partial charge in [-0.05, 0) is 13.8 Å². The lowest BCUT2D eigenvalue weighted by molar-refractivity contribution is -0.139. The van der Waals surface area contributed by atoms with Crippen LogP contribution in [0, 0.1) is 6.92 Å². The highest BCUT2D eigenvalue weighted by molar-refractivity contribution is 7.15. The number of aryl methyl sites for hydroxylation is 1. The number of hydrogen-bond acceptors (Lipinski definition) is 4. The number of nitrogens with one attached hydrogen (secondary N) is 1. The number of nitrogens with zero attached hydrogens (tertiary/aromatic N) is 2. The second-order valence-electron chi connectivity index (χ2n) is 3.79. The van der Waals surface area contributed by atoms with E-state index >= 15 is 0 Å². The van der Waals surface area contributed by atoms with Crippen LogP contribution in [-0.2, 0) is 11.3 Å². The van der Waals surface area contributed by atoms with Gasteiger partial charge in [-0.25, -0.2) is 4.98 Å². The second kappa shape index (κ2) is 4.64. The number of carboxylic acids is 1. The van der Waals surface area contributed by atoms with Crippen molar-refractivity contribution in [2.45, 2.75) is 26.4 Å². The third-order valence-corrected chi connectivity index (χ3v) is 3.77.